The number of nitrogen functional groups attached to an aromatic ring is 1. The highest BCUT2D eigenvalue weighted by Crippen LogP contribution is 2.20. The van der Waals surface area contributed by atoms with Gasteiger partial charge < -0.3 is 10.6 Å². The average molecular weight is 281 g/mol. The van der Waals surface area contributed by atoms with Gasteiger partial charge in [0.25, 0.3) is 5.91 Å². The van der Waals surface area contributed by atoms with Crippen LogP contribution in [-0.4, -0.2) is 17.9 Å². The summed E-state index contributed by atoms with van der Waals surface area (Å²) in [5, 5.41) is 4.55. The van der Waals surface area contributed by atoms with Crippen LogP contribution in [0.25, 0.3) is 0 Å². The van der Waals surface area contributed by atoms with Crippen molar-refractivity contribution in [2.75, 3.05) is 12.8 Å². The zero-order valence-corrected chi connectivity index (χ0v) is 11.5. The van der Waals surface area contributed by atoms with Gasteiger partial charge in [0, 0.05) is 24.3 Å². The predicted octanol–water partition coefficient (Wildman–Crippen LogP) is 3.26. The summed E-state index contributed by atoms with van der Waals surface area (Å²) in [7, 11) is 1.76. The Hall–Kier alpha value is -1.52. The highest BCUT2D eigenvalue weighted by Gasteiger charge is 2.15. The van der Waals surface area contributed by atoms with Crippen LogP contribution in [0.5, 0.6) is 0 Å². The molecule has 0 atom stereocenters. The van der Waals surface area contributed by atoms with Crippen LogP contribution in [-0.2, 0) is 6.54 Å². The Morgan fingerprint density at radius 1 is 1.44 bits per heavy atom. The highest BCUT2D eigenvalue weighted by atomic mass is 35.5. The number of thiophene rings is 1. The van der Waals surface area contributed by atoms with Gasteiger partial charge in [0.15, 0.2) is 0 Å². The largest absolute Gasteiger partial charge is 0.398 e. The third-order valence-electron chi connectivity index (χ3n) is 2.59. The Labute approximate surface area is 115 Å². The molecule has 0 bridgehead atoms. The molecule has 2 aromatic rings. The van der Waals surface area contributed by atoms with E-state index in [2.05, 4.69) is 0 Å². The minimum Gasteiger partial charge on any atom is -0.398 e. The number of hydrogen-bond acceptors (Lipinski definition) is 3. The molecule has 0 radical (unpaired) electrons. The van der Waals surface area contributed by atoms with Crippen molar-refractivity contribution >= 4 is 34.5 Å². The first kappa shape index (κ1) is 12.9. The van der Waals surface area contributed by atoms with Crippen LogP contribution in [0.4, 0.5) is 5.69 Å². The fourth-order valence-electron chi connectivity index (χ4n) is 1.66. The van der Waals surface area contributed by atoms with Crippen molar-refractivity contribution in [2.24, 2.45) is 0 Å². The van der Waals surface area contributed by atoms with Gasteiger partial charge in [0.05, 0.1) is 5.56 Å². The standard InChI is InChI=1S/C13H13ClN2OS/c1-16(7-9-4-5-18-8-9)13(17)11-3-2-10(14)6-12(11)15/h2-6,8H,7,15H2,1H3. The molecule has 1 aromatic heterocycles. The van der Waals surface area contributed by atoms with Crippen molar-refractivity contribution in [3.63, 3.8) is 0 Å². The van der Waals surface area contributed by atoms with Crippen LogP contribution in [0.3, 0.4) is 0 Å². The van der Waals surface area contributed by atoms with E-state index in [1.54, 1.807) is 41.5 Å². The Morgan fingerprint density at radius 3 is 2.83 bits per heavy atom. The lowest BCUT2D eigenvalue weighted by molar-refractivity contribution is 0.0786. The summed E-state index contributed by atoms with van der Waals surface area (Å²) in [5.74, 6) is -0.102. The van der Waals surface area contributed by atoms with E-state index in [1.807, 2.05) is 16.8 Å². The van der Waals surface area contributed by atoms with E-state index in [4.69, 9.17) is 17.3 Å². The molecule has 0 unspecified atom stereocenters. The van der Waals surface area contributed by atoms with Crippen molar-refractivity contribution < 1.29 is 4.79 Å². The number of anilines is 1. The number of rotatable bonds is 3. The second-order valence-corrected chi connectivity index (χ2v) is 5.24. The maximum Gasteiger partial charge on any atom is 0.255 e. The summed E-state index contributed by atoms with van der Waals surface area (Å²) >= 11 is 7.43. The lowest BCUT2D eigenvalue weighted by Crippen LogP contribution is -2.26. The van der Waals surface area contributed by atoms with Gasteiger partial charge in [-0.05, 0) is 40.6 Å². The van der Waals surface area contributed by atoms with Gasteiger partial charge >= 0.3 is 0 Å². The molecule has 1 heterocycles. The maximum absolute atomic E-state index is 12.2. The molecule has 0 aliphatic heterocycles. The monoisotopic (exact) mass is 280 g/mol. The van der Waals surface area contributed by atoms with Gasteiger partial charge in [0.2, 0.25) is 0 Å². The Bertz CT molecular complexity index is 554. The smallest absolute Gasteiger partial charge is 0.255 e. The number of amides is 1. The van der Waals surface area contributed by atoms with E-state index >= 15 is 0 Å². The molecule has 2 rings (SSSR count). The van der Waals surface area contributed by atoms with Gasteiger partial charge in [-0.3, -0.25) is 4.79 Å². The summed E-state index contributed by atoms with van der Waals surface area (Å²) < 4.78 is 0. The van der Waals surface area contributed by atoms with Crippen molar-refractivity contribution in [1.29, 1.82) is 0 Å². The second-order valence-electron chi connectivity index (χ2n) is 4.02. The topological polar surface area (TPSA) is 46.3 Å². The Morgan fingerprint density at radius 2 is 2.22 bits per heavy atom. The van der Waals surface area contributed by atoms with Crippen LogP contribution >= 0.6 is 22.9 Å². The molecule has 0 saturated carbocycles. The SMILES string of the molecule is CN(Cc1ccsc1)C(=O)c1ccc(Cl)cc1N. The molecule has 18 heavy (non-hydrogen) atoms. The van der Waals surface area contributed by atoms with Gasteiger partial charge in [-0.1, -0.05) is 11.6 Å². The maximum atomic E-state index is 12.2. The molecule has 0 fully saturated rings. The summed E-state index contributed by atoms with van der Waals surface area (Å²) in [6.45, 7) is 0.574. The van der Waals surface area contributed by atoms with Crippen molar-refractivity contribution in [2.45, 2.75) is 6.54 Å². The molecular weight excluding hydrogens is 268 g/mol. The van der Waals surface area contributed by atoms with Crippen molar-refractivity contribution in [1.82, 2.24) is 4.90 Å². The molecule has 1 amide bonds. The number of halogens is 1. The van der Waals surface area contributed by atoms with E-state index < -0.39 is 0 Å². The molecule has 0 aliphatic rings. The molecule has 2 N–H and O–H groups in total. The molecule has 0 saturated heterocycles. The van der Waals surface area contributed by atoms with E-state index in [-0.39, 0.29) is 5.91 Å². The molecular formula is C13H13ClN2OS. The average Bonchev–Trinajstić information content (AvgIpc) is 2.81. The molecule has 1 aromatic carbocycles. The third-order valence-corrected chi connectivity index (χ3v) is 3.56. The van der Waals surface area contributed by atoms with E-state index in [9.17, 15) is 4.79 Å². The number of hydrogen-bond donors (Lipinski definition) is 1. The van der Waals surface area contributed by atoms with Crippen LogP contribution < -0.4 is 5.73 Å². The van der Waals surface area contributed by atoms with E-state index in [0.29, 0.717) is 22.8 Å². The summed E-state index contributed by atoms with van der Waals surface area (Å²) in [5.41, 5.74) is 7.81. The van der Waals surface area contributed by atoms with Gasteiger partial charge in [0.1, 0.15) is 0 Å². The van der Waals surface area contributed by atoms with Crippen LogP contribution in [0.15, 0.2) is 35.0 Å². The lowest BCUT2D eigenvalue weighted by Gasteiger charge is -2.17. The number of nitrogens with two attached hydrogens (primary N) is 1. The third kappa shape index (κ3) is 2.83. The molecule has 3 nitrogen and oxygen atoms in total. The first-order valence-corrected chi connectivity index (χ1v) is 6.71. The first-order chi connectivity index (χ1) is 8.58. The van der Waals surface area contributed by atoms with Gasteiger partial charge in [-0.15, -0.1) is 0 Å². The quantitative estimate of drug-likeness (QED) is 0.877. The van der Waals surface area contributed by atoms with Crippen molar-refractivity contribution in [3.05, 3.63) is 51.2 Å². The number of benzene rings is 1. The predicted molar refractivity (Wildman–Crippen MR) is 76.0 cm³/mol. The van der Waals surface area contributed by atoms with E-state index in [0.717, 1.165) is 5.56 Å². The van der Waals surface area contributed by atoms with E-state index in [1.165, 1.54) is 0 Å². The summed E-state index contributed by atoms with van der Waals surface area (Å²) in [6.07, 6.45) is 0. The Kier molecular flexibility index (Phi) is 3.89. The minimum atomic E-state index is -0.102. The first-order valence-electron chi connectivity index (χ1n) is 5.39. The van der Waals surface area contributed by atoms with Crippen molar-refractivity contribution in [3.8, 4) is 0 Å². The molecule has 5 heteroatoms. The summed E-state index contributed by atoms with van der Waals surface area (Å²) in [6, 6.07) is 6.92. The normalized spacial score (nSPS) is 10.3. The minimum absolute atomic E-state index is 0.102. The molecule has 0 aliphatic carbocycles. The highest BCUT2D eigenvalue weighted by molar-refractivity contribution is 7.07. The lowest BCUT2D eigenvalue weighted by atomic mass is 10.1. The molecule has 94 valence electrons. The fourth-order valence-corrected chi connectivity index (χ4v) is 2.50. The Balaban J connectivity index is 2.15. The van der Waals surface area contributed by atoms with Gasteiger partial charge in [-0.2, -0.15) is 11.3 Å². The molecule has 0 spiro atoms. The zero-order chi connectivity index (χ0) is 13.1. The second kappa shape index (κ2) is 5.42. The summed E-state index contributed by atoms with van der Waals surface area (Å²) in [4.78, 5) is 13.8. The van der Waals surface area contributed by atoms with Gasteiger partial charge in [-0.25, -0.2) is 0 Å². The number of nitrogens with zero attached hydrogens (tertiary/aromatic N) is 1. The van der Waals surface area contributed by atoms with Crippen LogP contribution in [0.1, 0.15) is 15.9 Å². The van der Waals surface area contributed by atoms with Crippen LogP contribution in [0.2, 0.25) is 5.02 Å². The number of carbonyl (C=O) groups excluding carboxylic acids is 1. The zero-order valence-electron chi connectivity index (χ0n) is 9.89. The fraction of sp³-hybridized carbons (Fsp3) is 0.154. The van der Waals surface area contributed by atoms with Crippen LogP contribution in [0, 0.1) is 0 Å². The number of carbonyl (C=O) groups is 1.